The number of rotatable bonds is 8. The van der Waals surface area contributed by atoms with Crippen LogP contribution in [-0.2, 0) is 14.8 Å². The van der Waals surface area contributed by atoms with Crippen molar-refractivity contribution >= 4 is 16.0 Å². The van der Waals surface area contributed by atoms with Gasteiger partial charge < -0.3 is 10.1 Å². The molecule has 0 radical (unpaired) electrons. The van der Waals surface area contributed by atoms with Crippen molar-refractivity contribution < 1.29 is 13.2 Å². The van der Waals surface area contributed by atoms with Crippen molar-refractivity contribution in [1.29, 1.82) is 0 Å². The van der Waals surface area contributed by atoms with Gasteiger partial charge in [0.15, 0.2) is 0 Å². The predicted molar refractivity (Wildman–Crippen MR) is 67.9 cm³/mol. The lowest BCUT2D eigenvalue weighted by Gasteiger charge is -2.06. The second-order valence-electron chi connectivity index (χ2n) is 3.52. The highest BCUT2D eigenvalue weighted by molar-refractivity contribution is 7.89. The van der Waals surface area contributed by atoms with Gasteiger partial charge in [-0.1, -0.05) is 0 Å². The first-order chi connectivity index (χ1) is 8.60. The van der Waals surface area contributed by atoms with Crippen LogP contribution in [0.5, 0.6) is 0 Å². The minimum Gasteiger partial charge on any atom is -0.385 e. The fraction of sp³-hybridized carbons (Fsp3) is 0.600. The molecule has 102 valence electrons. The van der Waals surface area contributed by atoms with E-state index in [0.717, 1.165) is 0 Å². The van der Waals surface area contributed by atoms with Gasteiger partial charge in [-0.05, 0) is 13.3 Å². The number of sulfonamides is 1. The summed E-state index contributed by atoms with van der Waals surface area (Å²) in [5, 5.41) is 2.89. The van der Waals surface area contributed by atoms with Crippen molar-refractivity contribution in [2.24, 2.45) is 0 Å². The monoisotopic (exact) mass is 274 g/mol. The van der Waals surface area contributed by atoms with Crippen LogP contribution in [0.25, 0.3) is 0 Å². The minimum absolute atomic E-state index is 0.0570. The van der Waals surface area contributed by atoms with E-state index in [-0.39, 0.29) is 4.90 Å². The molecule has 0 saturated carbocycles. The zero-order chi connectivity index (χ0) is 13.4. The second-order valence-corrected chi connectivity index (χ2v) is 5.28. The standard InChI is InChI=1S/C10H18N4O3S/c1-3-11-10-12-7-9(8-13-10)18(15,16)14-5-4-6-17-2/h7-8,14H,3-6H2,1-2H3,(H,11,12,13). The van der Waals surface area contributed by atoms with E-state index in [0.29, 0.717) is 32.1 Å². The second kappa shape index (κ2) is 7.24. The molecule has 0 saturated heterocycles. The van der Waals surface area contributed by atoms with E-state index in [1.54, 1.807) is 7.11 Å². The number of methoxy groups -OCH3 is 1. The van der Waals surface area contributed by atoms with Crippen LogP contribution in [0.3, 0.4) is 0 Å². The van der Waals surface area contributed by atoms with E-state index >= 15 is 0 Å². The number of nitrogens with zero attached hydrogens (tertiary/aromatic N) is 2. The van der Waals surface area contributed by atoms with Gasteiger partial charge in [0.1, 0.15) is 4.90 Å². The third kappa shape index (κ3) is 4.55. The lowest BCUT2D eigenvalue weighted by atomic mass is 10.5. The fourth-order valence-corrected chi connectivity index (χ4v) is 2.17. The molecule has 8 heteroatoms. The Balaban J connectivity index is 2.61. The summed E-state index contributed by atoms with van der Waals surface area (Å²) in [6.45, 7) is 3.43. The molecular formula is C10H18N4O3S. The van der Waals surface area contributed by atoms with Gasteiger partial charge in [0.25, 0.3) is 0 Å². The van der Waals surface area contributed by atoms with Crippen LogP contribution in [-0.4, -0.2) is 45.2 Å². The maximum Gasteiger partial charge on any atom is 0.243 e. The van der Waals surface area contributed by atoms with Crippen LogP contribution >= 0.6 is 0 Å². The molecule has 0 aromatic carbocycles. The van der Waals surface area contributed by atoms with Crippen molar-refractivity contribution in [3.05, 3.63) is 12.4 Å². The summed E-state index contributed by atoms with van der Waals surface area (Å²) in [7, 11) is -1.96. The molecule has 1 aromatic rings. The number of nitrogens with one attached hydrogen (secondary N) is 2. The summed E-state index contributed by atoms with van der Waals surface area (Å²) < 4.78 is 30.9. The molecule has 1 aromatic heterocycles. The van der Waals surface area contributed by atoms with E-state index < -0.39 is 10.0 Å². The van der Waals surface area contributed by atoms with Crippen LogP contribution in [0.4, 0.5) is 5.95 Å². The van der Waals surface area contributed by atoms with E-state index in [1.165, 1.54) is 12.4 Å². The summed E-state index contributed by atoms with van der Waals surface area (Å²) in [6, 6.07) is 0. The Morgan fingerprint density at radius 2 is 2.00 bits per heavy atom. The van der Waals surface area contributed by atoms with Crippen molar-refractivity contribution in [2.45, 2.75) is 18.2 Å². The van der Waals surface area contributed by atoms with Crippen molar-refractivity contribution in [2.75, 3.05) is 32.1 Å². The van der Waals surface area contributed by atoms with Crippen LogP contribution in [0.1, 0.15) is 13.3 Å². The molecule has 0 aliphatic heterocycles. The third-order valence-corrected chi connectivity index (χ3v) is 3.51. The molecule has 1 rings (SSSR count). The first-order valence-corrected chi connectivity index (χ1v) is 7.13. The van der Waals surface area contributed by atoms with Crippen LogP contribution in [0.15, 0.2) is 17.3 Å². The van der Waals surface area contributed by atoms with Gasteiger partial charge in [0.2, 0.25) is 16.0 Å². The number of anilines is 1. The molecule has 2 N–H and O–H groups in total. The van der Waals surface area contributed by atoms with Crippen LogP contribution in [0.2, 0.25) is 0 Å². The van der Waals surface area contributed by atoms with Crippen molar-refractivity contribution in [3.63, 3.8) is 0 Å². The van der Waals surface area contributed by atoms with Gasteiger partial charge in [-0.25, -0.2) is 23.1 Å². The Labute approximate surface area is 107 Å². The number of aromatic nitrogens is 2. The molecule has 0 amide bonds. The maximum absolute atomic E-state index is 11.8. The third-order valence-electron chi connectivity index (χ3n) is 2.09. The smallest absolute Gasteiger partial charge is 0.243 e. The van der Waals surface area contributed by atoms with Gasteiger partial charge in [-0.15, -0.1) is 0 Å². The molecule has 0 aliphatic carbocycles. The molecule has 0 atom stereocenters. The molecule has 0 spiro atoms. The SMILES string of the molecule is CCNc1ncc(S(=O)(=O)NCCCOC)cn1. The lowest BCUT2D eigenvalue weighted by molar-refractivity contribution is 0.196. The largest absolute Gasteiger partial charge is 0.385 e. The predicted octanol–water partition coefficient (Wildman–Crippen LogP) is 0.223. The lowest BCUT2D eigenvalue weighted by Crippen LogP contribution is -2.25. The average Bonchev–Trinajstić information content (AvgIpc) is 2.36. The van der Waals surface area contributed by atoms with Crippen LogP contribution < -0.4 is 10.0 Å². The maximum atomic E-state index is 11.8. The first-order valence-electron chi connectivity index (χ1n) is 5.64. The van der Waals surface area contributed by atoms with E-state index in [2.05, 4.69) is 20.0 Å². The van der Waals surface area contributed by atoms with Gasteiger partial charge in [-0.3, -0.25) is 0 Å². The summed E-state index contributed by atoms with van der Waals surface area (Å²) in [4.78, 5) is 7.88. The number of hydrogen-bond donors (Lipinski definition) is 2. The van der Waals surface area contributed by atoms with Gasteiger partial charge >= 0.3 is 0 Å². The molecule has 0 bridgehead atoms. The fourth-order valence-electron chi connectivity index (χ4n) is 1.21. The van der Waals surface area contributed by atoms with Crippen molar-refractivity contribution in [3.8, 4) is 0 Å². The molecule has 1 heterocycles. The zero-order valence-electron chi connectivity index (χ0n) is 10.5. The van der Waals surface area contributed by atoms with E-state index in [4.69, 9.17) is 4.74 Å². The number of hydrogen-bond acceptors (Lipinski definition) is 6. The Morgan fingerprint density at radius 1 is 1.33 bits per heavy atom. The Kier molecular flexibility index (Phi) is 5.96. The summed E-state index contributed by atoms with van der Waals surface area (Å²) in [5.41, 5.74) is 0. The molecule has 7 nitrogen and oxygen atoms in total. The van der Waals surface area contributed by atoms with Gasteiger partial charge in [0.05, 0.1) is 12.4 Å². The zero-order valence-corrected chi connectivity index (χ0v) is 11.3. The van der Waals surface area contributed by atoms with Crippen molar-refractivity contribution in [1.82, 2.24) is 14.7 Å². The summed E-state index contributed by atoms with van der Waals surface area (Å²) >= 11 is 0. The summed E-state index contributed by atoms with van der Waals surface area (Å²) in [6.07, 6.45) is 3.18. The van der Waals surface area contributed by atoms with Gasteiger partial charge in [-0.2, -0.15) is 0 Å². The highest BCUT2D eigenvalue weighted by atomic mass is 32.2. The highest BCUT2D eigenvalue weighted by Crippen LogP contribution is 2.06. The molecule has 18 heavy (non-hydrogen) atoms. The normalized spacial score (nSPS) is 11.4. The minimum atomic E-state index is -3.53. The molecule has 0 unspecified atom stereocenters. The van der Waals surface area contributed by atoms with Gasteiger partial charge in [0, 0.05) is 26.8 Å². The van der Waals surface area contributed by atoms with E-state index in [9.17, 15) is 8.42 Å². The highest BCUT2D eigenvalue weighted by Gasteiger charge is 2.14. The molecular weight excluding hydrogens is 256 g/mol. The first kappa shape index (κ1) is 14.8. The Morgan fingerprint density at radius 3 is 2.56 bits per heavy atom. The summed E-state index contributed by atoms with van der Waals surface area (Å²) in [5.74, 6) is 0.413. The Bertz CT molecular complexity index is 447. The van der Waals surface area contributed by atoms with Crippen LogP contribution in [0, 0.1) is 0 Å². The molecule has 0 fully saturated rings. The average molecular weight is 274 g/mol. The topological polar surface area (TPSA) is 93.2 Å². The quantitative estimate of drug-likeness (QED) is 0.659. The van der Waals surface area contributed by atoms with E-state index in [1.807, 2.05) is 6.92 Å². The number of ether oxygens (including phenoxy) is 1. The Hall–Kier alpha value is -1.25. The molecule has 0 aliphatic rings.